The second-order valence-corrected chi connectivity index (χ2v) is 7.01. The van der Waals surface area contributed by atoms with Crippen molar-refractivity contribution in [2.75, 3.05) is 45.8 Å². The van der Waals surface area contributed by atoms with E-state index >= 15 is 0 Å². The number of hydrogen-bond acceptors (Lipinski definition) is 3. The number of carbonyl (C=O) groups excluding carboxylic acids is 1. The molecule has 0 aromatic rings. The van der Waals surface area contributed by atoms with Crippen molar-refractivity contribution in [3.05, 3.63) is 0 Å². The fourth-order valence-corrected chi connectivity index (χ4v) is 3.06. The molecule has 25 heavy (non-hydrogen) atoms. The van der Waals surface area contributed by atoms with Crippen molar-refractivity contribution in [3.8, 4) is 0 Å². The number of nitrogens with one attached hydrogen (secondary N) is 2. The van der Waals surface area contributed by atoms with Gasteiger partial charge in [0.05, 0.1) is 6.54 Å². The number of nitrogens with zero attached hydrogens (tertiary/aromatic N) is 3. The lowest BCUT2D eigenvalue weighted by molar-refractivity contribution is -0.139. The van der Waals surface area contributed by atoms with Crippen molar-refractivity contribution in [3.63, 3.8) is 0 Å². The van der Waals surface area contributed by atoms with Gasteiger partial charge in [-0.15, -0.1) is 24.0 Å². The lowest BCUT2D eigenvalue weighted by Gasteiger charge is -2.38. The van der Waals surface area contributed by atoms with E-state index in [4.69, 9.17) is 0 Å². The Hall–Kier alpha value is -0.570. The van der Waals surface area contributed by atoms with E-state index in [1.54, 1.807) is 0 Å². The van der Waals surface area contributed by atoms with Gasteiger partial charge in [0.15, 0.2) is 5.96 Å². The highest BCUT2D eigenvalue weighted by molar-refractivity contribution is 14.0. The highest BCUT2D eigenvalue weighted by Gasteiger charge is 2.30. The van der Waals surface area contributed by atoms with Crippen molar-refractivity contribution < 1.29 is 4.79 Å². The summed E-state index contributed by atoms with van der Waals surface area (Å²) in [6.07, 6.45) is 4.52. The van der Waals surface area contributed by atoms with Crippen molar-refractivity contribution in [1.82, 2.24) is 20.4 Å². The maximum atomic E-state index is 12.3. The zero-order chi connectivity index (χ0) is 17.4. The highest BCUT2D eigenvalue weighted by atomic mass is 127. The van der Waals surface area contributed by atoms with Crippen molar-refractivity contribution in [2.24, 2.45) is 10.9 Å². The number of piperazine rings is 1. The van der Waals surface area contributed by atoms with Crippen molar-refractivity contribution in [1.29, 1.82) is 0 Å². The van der Waals surface area contributed by atoms with Gasteiger partial charge in [0, 0.05) is 51.2 Å². The van der Waals surface area contributed by atoms with E-state index in [0.717, 1.165) is 71.0 Å². The Morgan fingerprint density at radius 3 is 2.40 bits per heavy atom. The number of carbonyl (C=O) groups is 1. The number of aliphatic imine (C=N–C) groups is 1. The number of guanidine groups is 1. The van der Waals surface area contributed by atoms with Gasteiger partial charge < -0.3 is 15.5 Å². The van der Waals surface area contributed by atoms with Gasteiger partial charge in [-0.05, 0) is 33.1 Å². The molecule has 0 aromatic carbocycles. The Balaban J connectivity index is 0.00000312. The summed E-state index contributed by atoms with van der Waals surface area (Å²) < 4.78 is 0. The normalized spacial score (nSPS) is 20.4. The molecule has 0 radical (unpaired) electrons. The molecule has 2 rings (SSSR count). The lowest BCUT2D eigenvalue weighted by atomic mass is 9.84. The first kappa shape index (κ1) is 22.5. The van der Waals surface area contributed by atoms with Crippen LogP contribution >= 0.6 is 24.0 Å². The highest BCUT2D eigenvalue weighted by Crippen LogP contribution is 2.28. The molecular weight excluding hydrogens is 429 g/mol. The van der Waals surface area contributed by atoms with Crippen LogP contribution in [0.5, 0.6) is 0 Å². The largest absolute Gasteiger partial charge is 0.357 e. The molecule has 1 saturated carbocycles. The first-order valence-corrected chi connectivity index (χ1v) is 9.70. The average molecular weight is 465 g/mol. The third kappa shape index (κ3) is 7.29. The second kappa shape index (κ2) is 11.9. The monoisotopic (exact) mass is 465 g/mol. The van der Waals surface area contributed by atoms with Crippen molar-refractivity contribution >= 4 is 35.8 Å². The minimum absolute atomic E-state index is 0. The molecule has 7 heteroatoms. The summed E-state index contributed by atoms with van der Waals surface area (Å²) in [5.41, 5.74) is 0. The molecule has 2 N–H and O–H groups in total. The zero-order valence-electron chi connectivity index (χ0n) is 16.1. The van der Waals surface area contributed by atoms with Crippen LogP contribution in [0.3, 0.4) is 0 Å². The summed E-state index contributed by atoms with van der Waals surface area (Å²) in [6, 6.07) is 0.434. The number of rotatable bonds is 7. The average Bonchev–Trinajstić information content (AvgIpc) is 2.53. The molecule has 1 atom stereocenters. The predicted octanol–water partition coefficient (Wildman–Crippen LogP) is 1.90. The first-order chi connectivity index (χ1) is 11.6. The van der Waals surface area contributed by atoms with E-state index in [2.05, 4.69) is 46.2 Å². The third-order valence-corrected chi connectivity index (χ3v) is 5.16. The lowest BCUT2D eigenvalue weighted by Crippen LogP contribution is -2.51. The van der Waals surface area contributed by atoms with Crippen LogP contribution in [0, 0.1) is 5.92 Å². The molecule has 0 aromatic heterocycles. The van der Waals surface area contributed by atoms with Crippen LogP contribution in [0.2, 0.25) is 0 Å². The molecule has 1 amide bonds. The SMILES string of the molecule is CCNC(=NCCN1CCN(C(=O)C2CCC2)CC1)NC(C)CC.I. The van der Waals surface area contributed by atoms with E-state index in [1.807, 2.05) is 0 Å². The topological polar surface area (TPSA) is 60.0 Å². The minimum atomic E-state index is 0. The fourth-order valence-electron chi connectivity index (χ4n) is 3.06. The maximum Gasteiger partial charge on any atom is 0.225 e. The van der Waals surface area contributed by atoms with Gasteiger partial charge in [-0.1, -0.05) is 13.3 Å². The Morgan fingerprint density at radius 1 is 1.20 bits per heavy atom. The molecule has 1 saturated heterocycles. The van der Waals surface area contributed by atoms with Gasteiger partial charge in [-0.2, -0.15) is 0 Å². The summed E-state index contributed by atoms with van der Waals surface area (Å²) in [7, 11) is 0. The molecular formula is C18H36IN5O. The van der Waals surface area contributed by atoms with Crippen LogP contribution < -0.4 is 10.6 Å². The van der Waals surface area contributed by atoms with Gasteiger partial charge in [0.1, 0.15) is 0 Å². The van der Waals surface area contributed by atoms with E-state index in [1.165, 1.54) is 6.42 Å². The molecule has 146 valence electrons. The van der Waals surface area contributed by atoms with Gasteiger partial charge in [-0.25, -0.2) is 0 Å². The summed E-state index contributed by atoms with van der Waals surface area (Å²) in [5.74, 6) is 1.63. The summed E-state index contributed by atoms with van der Waals surface area (Å²) in [5, 5.41) is 6.72. The summed E-state index contributed by atoms with van der Waals surface area (Å²) in [6.45, 7) is 12.8. The van der Waals surface area contributed by atoms with Crippen molar-refractivity contribution in [2.45, 2.75) is 52.5 Å². The molecule has 1 aliphatic carbocycles. The van der Waals surface area contributed by atoms with Crippen LogP contribution in [0.15, 0.2) is 4.99 Å². The summed E-state index contributed by atoms with van der Waals surface area (Å²) >= 11 is 0. The van der Waals surface area contributed by atoms with Gasteiger partial charge in [0.2, 0.25) is 5.91 Å². The second-order valence-electron chi connectivity index (χ2n) is 7.01. The Kier molecular flexibility index (Phi) is 10.7. The molecule has 1 unspecified atom stereocenters. The van der Waals surface area contributed by atoms with Crippen LogP contribution in [-0.2, 0) is 4.79 Å². The van der Waals surface area contributed by atoms with Crippen LogP contribution in [0.1, 0.15) is 46.5 Å². The zero-order valence-corrected chi connectivity index (χ0v) is 18.4. The smallest absolute Gasteiger partial charge is 0.225 e. The number of hydrogen-bond donors (Lipinski definition) is 2. The minimum Gasteiger partial charge on any atom is -0.357 e. The number of halogens is 1. The third-order valence-electron chi connectivity index (χ3n) is 5.16. The molecule has 1 heterocycles. The molecule has 2 aliphatic rings. The molecule has 0 spiro atoms. The van der Waals surface area contributed by atoms with Gasteiger partial charge in [0.25, 0.3) is 0 Å². The number of amides is 1. The van der Waals surface area contributed by atoms with Crippen LogP contribution in [0.4, 0.5) is 0 Å². The Morgan fingerprint density at radius 2 is 1.88 bits per heavy atom. The van der Waals surface area contributed by atoms with E-state index in [9.17, 15) is 4.79 Å². The molecule has 6 nitrogen and oxygen atoms in total. The Labute approximate surface area is 170 Å². The first-order valence-electron chi connectivity index (χ1n) is 9.70. The van der Waals surface area contributed by atoms with Crippen LogP contribution in [0.25, 0.3) is 0 Å². The molecule has 2 fully saturated rings. The van der Waals surface area contributed by atoms with E-state index in [0.29, 0.717) is 17.9 Å². The molecule has 0 bridgehead atoms. The van der Waals surface area contributed by atoms with E-state index < -0.39 is 0 Å². The van der Waals surface area contributed by atoms with E-state index in [-0.39, 0.29) is 24.0 Å². The predicted molar refractivity (Wildman–Crippen MR) is 115 cm³/mol. The summed E-state index contributed by atoms with van der Waals surface area (Å²) in [4.78, 5) is 21.4. The standard InChI is InChI=1S/C18H35N5O.HI/c1-4-15(3)21-18(19-5-2)20-9-10-22-11-13-23(14-12-22)17(24)16-7-6-8-16;/h15-16H,4-14H2,1-3H3,(H2,19,20,21);1H. The quantitative estimate of drug-likeness (QED) is 0.343. The maximum absolute atomic E-state index is 12.3. The van der Waals surface area contributed by atoms with Gasteiger partial charge >= 0.3 is 0 Å². The van der Waals surface area contributed by atoms with Gasteiger partial charge in [-0.3, -0.25) is 14.7 Å². The van der Waals surface area contributed by atoms with Crippen LogP contribution in [-0.4, -0.2) is 73.5 Å². The fraction of sp³-hybridized carbons (Fsp3) is 0.889. The Bertz CT molecular complexity index is 420. The molecule has 1 aliphatic heterocycles.